The van der Waals surface area contributed by atoms with Crippen molar-refractivity contribution >= 4 is 39.7 Å². The number of anilines is 2. The van der Waals surface area contributed by atoms with Gasteiger partial charge in [-0.25, -0.2) is 0 Å². The summed E-state index contributed by atoms with van der Waals surface area (Å²) in [6, 6.07) is 17.1. The molecule has 0 aromatic heterocycles. The second-order valence-electron chi connectivity index (χ2n) is 6.62. The Labute approximate surface area is 168 Å². The number of methoxy groups -OCH3 is 1. The molecule has 1 aliphatic heterocycles. The van der Waals surface area contributed by atoms with Gasteiger partial charge >= 0.3 is 0 Å². The number of hydrogen-bond acceptors (Lipinski definition) is 4. The van der Waals surface area contributed by atoms with E-state index in [1.54, 1.807) is 13.2 Å². The van der Waals surface area contributed by atoms with Crippen LogP contribution in [0.25, 0.3) is 10.8 Å². The molecule has 1 heterocycles. The fraction of sp³-hybridized carbons (Fsp3) is 0.227. The molecule has 6 heteroatoms. The number of carbonyl (C=O) groups excluding carboxylic acids is 1. The van der Waals surface area contributed by atoms with E-state index in [-0.39, 0.29) is 5.91 Å². The Hall–Kier alpha value is -2.76. The zero-order chi connectivity index (χ0) is 19.5. The highest BCUT2D eigenvalue weighted by Gasteiger charge is 2.17. The lowest BCUT2D eigenvalue weighted by atomic mass is 10.1. The maximum absolute atomic E-state index is 12.9. The Balaban J connectivity index is 1.58. The number of nitrogens with one attached hydrogen (secondary N) is 1. The molecule has 0 atom stereocenters. The molecule has 3 aromatic rings. The van der Waals surface area contributed by atoms with Crippen LogP contribution in [-0.4, -0.2) is 39.3 Å². The van der Waals surface area contributed by atoms with Gasteiger partial charge in [-0.1, -0.05) is 35.9 Å². The highest BCUT2D eigenvalue weighted by atomic mass is 35.5. The molecule has 0 aliphatic carbocycles. The van der Waals surface area contributed by atoms with E-state index in [4.69, 9.17) is 21.1 Å². The van der Waals surface area contributed by atoms with Gasteiger partial charge in [0.15, 0.2) is 0 Å². The highest BCUT2D eigenvalue weighted by Crippen LogP contribution is 2.31. The second kappa shape index (κ2) is 8.09. The Morgan fingerprint density at radius 2 is 1.79 bits per heavy atom. The minimum absolute atomic E-state index is 0.238. The summed E-state index contributed by atoms with van der Waals surface area (Å²) in [5, 5.41) is 5.53. The van der Waals surface area contributed by atoms with Crippen LogP contribution in [0, 0.1) is 0 Å². The first-order chi connectivity index (χ1) is 13.7. The number of hydrogen-bond donors (Lipinski definition) is 1. The number of carbonyl (C=O) groups is 1. The van der Waals surface area contributed by atoms with Crippen molar-refractivity contribution in [3.05, 3.63) is 65.2 Å². The van der Waals surface area contributed by atoms with Crippen LogP contribution in [0.4, 0.5) is 11.4 Å². The molecule has 5 nitrogen and oxygen atoms in total. The summed E-state index contributed by atoms with van der Waals surface area (Å²) in [4.78, 5) is 15.1. The minimum Gasteiger partial charge on any atom is -0.496 e. The van der Waals surface area contributed by atoms with Gasteiger partial charge in [0.25, 0.3) is 5.91 Å². The van der Waals surface area contributed by atoms with Crippen LogP contribution in [0.2, 0.25) is 5.02 Å². The third kappa shape index (κ3) is 3.77. The Morgan fingerprint density at radius 1 is 1.07 bits per heavy atom. The number of fused-ring (bicyclic) bond motifs is 1. The topological polar surface area (TPSA) is 50.8 Å². The van der Waals surface area contributed by atoms with Crippen molar-refractivity contribution in [3.63, 3.8) is 0 Å². The maximum Gasteiger partial charge on any atom is 0.259 e. The zero-order valence-electron chi connectivity index (χ0n) is 15.6. The lowest BCUT2D eigenvalue weighted by Gasteiger charge is -2.29. The Kier molecular flexibility index (Phi) is 5.37. The van der Waals surface area contributed by atoms with Crippen molar-refractivity contribution < 1.29 is 14.3 Å². The van der Waals surface area contributed by atoms with Crippen LogP contribution in [0.3, 0.4) is 0 Å². The van der Waals surface area contributed by atoms with E-state index in [0.717, 1.165) is 29.5 Å². The standard InChI is InChI=1S/C22H21ClN2O3/c1-27-21-13-16-5-3-2-4-15(16)12-18(21)22(26)24-17-6-7-20(19(23)14-17)25-8-10-28-11-9-25/h2-7,12-14H,8-11H2,1H3,(H,24,26). The summed E-state index contributed by atoms with van der Waals surface area (Å²) in [5.41, 5.74) is 2.07. The third-order valence-electron chi connectivity index (χ3n) is 4.87. The Morgan fingerprint density at radius 3 is 2.46 bits per heavy atom. The monoisotopic (exact) mass is 396 g/mol. The number of nitrogens with zero attached hydrogens (tertiary/aromatic N) is 1. The first-order valence-electron chi connectivity index (χ1n) is 9.16. The fourth-order valence-corrected chi connectivity index (χ4v) is 3.71. The van der Waals surface area contributed by atoms with Gasteiger partial charge in [-0.2, -0.15) is 0 Å². The molecule has 1 fully saturated rings. The maximum atomic E-state index is 12.9. The molecule has 1 aliphatic rings. The minimum atomic E-state index is -0.238. The van der Waals surface area contributed by atoms with Gasteiger partial charge in [-0.15, -0.1) is 0 Å². The number of morpholine rings is 1. The third-order valence-corrected chi connectivity index (χ3v) is 5.17. The molecule has 1 amide bonds. The van der Waals surface area contributed by atoms with Crippen molar-refractivity contribution in [1.82, 2.24) is 0 Å². The van der Waals surface area contributed by atoms with Crippen molar-refractivity contribution in [2.75, 3.05) is 43.6 Å². The molecule has 0 radical (unpaired) electrons. The van der Waals surface area contributed by atoms with E-state index < -0.39 is 0 Å². The van der Waals surface area contributed by atoms with E-state index in [2.05, 4.69) is 10.2 Å². The van der Waals surface area contributed by atoms with Gasteiger partial charge in [-0.05, 0) is 41.1 Å². The van der Waals surface area contributed by atoms with Crippen LogP contribution < -0.4 is 15.0 Å². The molecule has 0 saturated carbocycles. The van der Waals surface area contributed by atoms with Crippen LogP contribution in [-0.2, 0) is 4.74 Å². The Bertz CT molecular complexity index is 1020. The highest BCUT2D eigenvalue weighted by molar-refractivity contribution is 6.33. The second-order valence-corrected chi connectivity index (χ2v) is 7.03. The lowest BCUT2D eigenvalue weighted by molar-refractivity contribution is 0.102. The van der Waals surface area contributed by atoms with Crippen LogP contribution in [0.1, 0.15) is 10.4 Å². The van der Waals surface area contributed by atoms with Crippen molar-refractivity contribution in [2.24, 2.45) is 0 Å². The first kappa shape index (κ1) is 18.6. The number of ether oxygens (including phenoxy) is 2. The van der Waals surface area contributed by atoms with Gasteiger partial charge in [0.2, 0.25) is 0 Å². The van der Waals surface area contributed by atoms with Crippen molar-refractivity contribution in [3.8, 4) is 5.75 Å². The van der Waals surface area contributed by atoms with E-state index >= 15 is 0 Å². The van der Waals surface area contributed by atoms with Gasteiger partial charge in [0.1, 0.15) is 5.75 Å². The average Bonchev–Trinajstić information content (AvgIpc) is 2.73. The largest absolute Gasteiger partial charge is 0.496 e. The fourth-order valence-electron chi connectivity index (χ4n) is 3.41. The number of halogens is 1. The number of benzene rings is 3. The molecular formula is C22H21ClN2O3. The molecule has 4 rings (SSSR count). The summed E-state index contributed by atoms with van der Waals surface area (Å²) >= 11 is 6.47. The summed E-state index contributed by atoms with van der Waals surface area (Å²) < 4.78 is 10.8. The summed E-state index contributed by atoms with van der Waals surface area (Å²) in [6.07, 6.45) is 0. The number of amides is 1. The zero-order valence-corrected chi connectivity index (χ0v) is 16.3. The molecule has 3 aromatic carbocycles. The quantitative estimate of drug-likeness (QED) is 0.700. The first-order valence-corrected chi connectivity index (χ1v) is 9.54. The van der Waals surface area contributed by atoms with Crippen molar-refractivity contribution in [2.45, 2.75) is 0 Å². The van der Waals surface area contributed by atoms with Crippen molar-refractivity contribution in [1.29, 1.82) is 0 Å². The lowest BCUT2D eigenvalue weighted by Crippen LogP contribution is -2.36. The SMILES string of the molecule is COc1cc2ccccc2cc1C(=O)Nc1ccc(N2CCOCC2)c(Cl)c1. The van der Waals surface area contributed by atoms with E-state index in [1.165, 1.54) is 0 Å². The van der Waals surface area contributed by atoms with Gasteiger partial charge in [0.05, 0.1) is 36.6 Å². The molecule has 28 heavy (non-hydrogen) atoms. The molecule has 1 saturated heterocycles. The molecule has 144 valence electrons. The molecule has 0 spiro atoms. The van der Waals surface area contributed by atoms with E-state index in [9.17, 15) is 4.79 Å². The molecule has 0 bridgehead atoms. The molecular weight excluding hydrogens is 376 g/mol. The predicted molar refractivity (Wildman–Crippen MR) is 113 cm³/mol. The predicted octanol–water partition coefficient (Wildman–Crippen LogP) is 4.59. The van der Waals surface area contributed by atoms with E-state index in [1.807, 2.05) is 48.5 Å². The van der Waals surface area contributed by atoms with Crippen LogP contribution in [0.15, 0.2) is 54.6 Å². The van der Waals surface area contributed by atoms with Crippen LogP contribution >= 0.6 is 11.6 Å². The van der Waals surface area contributed by atoms with E-state index in [0.29, 0.717) is 35.2 Å². The molecule has 1 N–H and O–H groups in total. The smallest absolute Gasteiger partial charge is 0.259 e. The summed E-state index contributed by atoms with van der Waals surface area (Å²) in [7, 11) is 1.56. The van der Waals surface area contributed by atoms with Gasteiger partial charge < -0.3 is 19.7 Å². The van der Waals surface area contributed by atoms with Gasteiger partial charge in [0, 0.05) is 18.8 Å². The molecule has 0 unspecified atom stereocenters. The number of rotatable bonds is 4. The van der Waals surface area contributed by atoms with Gasteiger partial charge in [-0.3, -0.25) is 4.79 Å². The normalized spacial score (nSPS) is 14.1. The summed E-state index contributed by atoms with van der Waals surface area (Å²) in [5.74, 6) is 0.296. The van der Waals surface area contributed by atoms with Crippen LogP contribution in [0.5, 0.6) is 5.75 Å². The average molecular weight is 397 g/mol. The summed E-state index contributed by atoms with van der Waals surface area (Å²) in [6.45, 7) is 2.99.